The van der Waals surface area contributed by atoms with Gasteiger partial charge in [-0.2, -0.15) is 5.10 Å². The molecule has 8 heteroatoms. The number of carbonyl (C=O) groups excluding carboxylic acids is 2. The quantitative estimate of drug-likeness (QED) is 0.398. The zero-order chi connectivity index (χ0) is 22.8. The van der Waals surface area contributed by atoms with E-state index in [0.29, 0.717) is 34.2 Å². The maximum atomic E-state index is 13.0. The summed E-state index contributed by atoms with van der Waals surface area (Å²) in [7, 11) is 0. The van der Waals surface area contributed by atoms with Crippen molar-refractivity contribution in [2.45, 2.75) is 27.3 Å². The number of nitrogens with one attached hydrogen (secondary N) is 2. The van der Waals surface area contributed by atoms with Crippen LogP contribution in [0.1, 0.15) is 43.8 Å². The molecule has 2 amide bonds. The molecule has 0 radical (unpaired) electrons. The highest BCUT2D eigenvalue weighted by atomic mass is 35.5. The van der Waals surface area contributed by atoms with Crippen LogP contribution in [-0.4, -0.2) is 28.1 Å². The number of carbonyl (C=O) groups is 2. The molecule has 4 rings (SSSR count). The summed E-state index contributed by atoms with van der Waals surface area (Å²) in [6, 6.07) is 14.8. The summed E-state index contributed by atoms with van der Waals surface area (Å²) >= 11 is 7.39. The number of amides is 2. The second-order valence-corrected chi connectivity index (χ2v) is 9.01. The van der Waals surface area contributed by atoms with Crippen molar-refractivity contribution in [2.75, 3.05) is 11.9 Å². The number of anilines is 1. The summed E-state index contributed by atoms with van der Waals surface area (Å²) in [6.07, 6.45) is 0. The molecule has 0 saturated carbocycles. The molecule has 0 aliphatic heterocycles. The van der Waals surface area contributed by atoms with E-state index in [4.69, 9.17) is 11.6 Å². The molecular formula is C24H23ClN4O2S. The first-order valence-electron chi connectivity index (χ1n) is 10.3. The highest BCUT2D eigenvalue weighted by molar-refractivity contribution is 7.20. The average Bonchev–Trinajstić information content (AvgIpc) is 3.33. The number of rotatable bonds is 6. The molecule has 0 spiro atoms. The summed E-state index contributed by atoms with van der Waals surface area (Å²) in [5, 5.41) is 12.0. The number of aryl methyl sites for hydroxylation is 2. The molecule has 2 N–H and O–H groups in total. The largest absolute Gasteiger partial charge is 0.352 e. The maximum Gasteiger partial charge on any atom is 0.265 e. The van der Waals surface area contributed by atoms with Crippen molar-refractivity contribution in [3.63, 3.8) is 0 Å². The van der Waals surface area contributed by atoms with Crippen LogP contribution in [-0.2, 0) is 6.54 Å². The van der Waals surface area contributed by atoms with Crippen LogP contribution in [0.25, 0.3) is 10.2 Å². The van der Waals surface area contributed by atoms with E-state index in [0.717, 1.165) is 27.0 Å². The highest BCUT2D eigenvalue weighted by Crippen LogP contribution is 2.30. The lowest BCUT2D eigenvalue weighted by atomic mass is 10.1. The highest BCUT2D eigenvalue weighted by Gasteiger charge is 2.18. The van der Waals surface area contributed by atoms with E-state index in [2.05, 4.69) is 15.7 Å². The Labute approximate surface area is 195 Å². The zero-order valence-corrected chi connectivity index (χ0v) is 19.6. The Morgan fingerprint density at radius 1 is 1.06 bits per heavy atom. The number of benzene rings is 2. The van der Waals surface area contributed by atoms with Crippen LogP contribution < -0.4 is 10.6 Å². The fourth-order valence-electron chi connectivity index (χ4n) is 3.44. The summed E-state index contributed by atoms with van der Waals surface area (Å²) in [4.78, 5) is 26.7. The molecule has 2 heterocycles. The first-order chi connectivity index (χ1) is 15.4. The molecule has 0 atom stereocenters. The van der Waals surface area contributed by atoms with E-state index in [9.17, 15) is 9.59 Å². The van der Waals surface area contributed by atoms with Gasteiger partial charge in [0.1, 0.15) is 4.83 Å². The SMILES string of the molecule is CCNC(=O)c1ccc(C)c(NC(=O)c2cc3c(C)nn(Cc4ccc(Cl)cc4)c3s2)c1. The number of hydrogen-bond acceptors (Lipinski definition) is 4. The molecule has 164 valence electrons. The Morgan fingerprint density at radius 2 is 1.81 bits per heavy atom. The van der Waals surface area contributed by atoms with Gasteiger partial charge in [-0.05, 0) is 62.2 Å². The van der Waals surface area contributed by atoms with Gasteiger partial charge in [-0.3, -0.25) is 14.3 Å². The third kappa shape index (κ3) is 4.54. The number of aromatic nitrogens is 2. The fraction of sp³-hybridized carbons (Fsp3) is 0.208. The van der Waals surface area contributed by atoms with E-state index in [-0.39, 0.29) is 11.8 Å². The molecule has 0 unspecified atom stereocenters. The Balaban J connectivity index is 1.59. The predicted octanol–water partition coefficient (Wildman–Crippen LogP) is 5.42. The van der Waals surface area contributed by atoms with Crippen molar-refractivity contribution in [3.05, 3.63) is 80.8 Å². The van der Waals surface area contributed by atoms with Crippen molar-refractivity contribution >= 4 is 50.7 Å². The minimum Gasteiger partial charge on any atom is -0.352 e. The number of nitrogens with zero attached hydrogens (tertiary/aromatic N) is 2. The number of fused-ring (bicyclic) bond motifs is 1. The summed E-state index contributed by atoms with van der Waals surface area (Å²) in [5.74, 6) is -0.373. The van der Waals surface area contributed by atoms with Crippen molar-refractivity contribution < 1.29 is 9.59 Å². The first-order valence-corrected chi connectivity index (χ1v) is 11.5. The van der Waals surface area contributed by atoms with Crippen molar-refractivity contribution in [2.24, 2.45) is 0 Å². The van der Waals surface area contributed by atoms with E-state index in [1.165, 1.54) is 11.3 Å². The molecule has 0 fully saturated rings. The van der Waals surface area contributed by atoms with Crippen molar-refractivity contribution in [3.8, 4) is 0 Å². The molecule has 2 aromatic carbocycles. The van der Waals surface area contributed by atoms with Gasteiger partial charge in [0, 0.05) is 28.2 Å². The molecule has 32 heavy (non-hydrogen) atoms. The molecule has 4 aromatic rings. The second-order valence-electron chi connectivity index (χ2n) is 7.54. The van der Waals surface area contributed by atoms with Gasteiger partial charge in [-0.25, -0.2) is 0 Å². The molecule has 0 saturated heterocycles. The predicted molar refractivity (Wildman–Crippen MR) is 130 cm³/mol. The van der Waals surface area contributed by atoms with Gasteiger partial charge in [0.25, 0.3) is 11.8 Å². The van der Waals surface area contributed by atoms with Gasteiger partial charge in [-0.1, -0.05) is 29.8 Å². The zero-order valence-electron chi connectivity index (χ0n) is 18.0. The Hall–Kier alpha value is -3.16. The van der Waals surface area contributed by atoms with Crippen LogP contribution in [0.2, 0.25) is 5.02 Å². The van der Waals surface area contributed by atoms with Crippen molar-refractivity contribution in [1.82, 2.24) is 15.1 Å². The Bertz CT molecular complexity index is 1310. The van der Waals surface area contributed by atoms with Gasteiger partial charge in [-0.15, -0.1) is 11.3 Å². The van der Waals surface area contributed by atoms with Gasteiger partial charge in [0.2, 0.25) is 0 Å². The lowest BCUT2D eigenvalue weighted by molar-refractivity contribution is 0.0954. The molecule has 0 aliphatic carbocycles. The minimum absolute atomic E-state index is 0.164. The minimum atomic E-state index is -0.209. The summed E-state index contributed by atoms with van der Waals surface area (Å²) in [5.41, 5.74) is 3.97. The topological polar surface area (TPSA) is 76.0 Å². The average molecular weight is 467 g/mol. The van der Waals surface area contributed by atoms with Crippen LogP contribution in [0.3, 0.4) is 0 Å². The third-order valence-corrected chi connectivity index (χ3v) is 6.56. The molecule has 0 aliphatic rings. The number of hydrogen-bond donors (Lipinski definition) is 2. The molecule has 0 bridgehead atoms. The van der Waals surface area contributed by atoms with Crippen LogP contribution in [0.15, 0.2) is 48.5 Å². The van der Waals surface area contributed by atoms with E-state index in [1.54, 1.807) is 12.1 Å². The molecule has 6 nitrogen and oxygen atoms in total. The molecular weight excluding hydrogens is 444 g/mol. The lowest BCUT2D eigenvalue weighted by Crippen LogP contribution is -2.23. The maximum absolute atomic E-state index is 13.0. The van der Waals surface area contributed by atoms with Crippen molar-refractivity contribution in [1.29, 1.82) is 0 Å². The third-order valence-electron chi connectivity index (χ3n) is 5.16. The van der Waals surface area contributed by atoms with Crippen LogP contribution in [0.5, 0.6) is 0 Å². The summed E-state index contributed by atoms with van der Waals surface area (Å²) in [6.45, 7) is 6.84. The van der Waals surface area contributed by atoms with Gasteiger partial charge in [0.15, 0.2) is 0 Å². The van der Waals surface area contributed by atoms with E-state index in [1.807, 2.05) is 61.9 Å². The second kappa shape index (κ2) is 9.14. The van der Waals surface area contributed by atoms with Gasteiger partial charge in [0.05, 0.1) is 17.1 Å². The monoisotopic (exact) mass is 466 g/mol. The fourth-order valence-corrected chi connectivity index (χ4v) is 4.62. The smallest absolute Gasteiger partial charge is 0.265 e. The van der Waals surface area contributed by atoms with Gasteiger partial charge >= 0.3 is 0 Å². The first kappa shape index (κ1) is 22.0. The summed E-state index contributed by atoms with van der Waals surface area (Å²) < 4.78 is 1.91. The van der Waals surface area contributed by atoms with Gasteiger partial charge < -0.3 is 10.6 Å². The molecule has 2 aromatic heterocycles. The number of thiophene rings is 1. The Morgan fingerprint density at radius 3 is 2.53 bits per heavy atom. The van der Waals surface area contributed by atoms with Crippen LogP contribution in [0, 0.1) is 13.8 Å². The normalized spacial score (nSPS) is 11.0. The number of halogens is 1. The van der Waals surface area contributed by atoms with E-state index < -0.39 is 0 Å². The van der Waals surface area contributed by atoms with Crippen LogP contribution in [0.4, 0.5) is 5.69 Å². The standard InChI is InChI=1S/C24H23ClN4O2S/c1-4-26-22(30)17-8-5-14(2)20(11-17)27-23(31)21-12-19-15(3)28-29(24(19)32-21)13-16-6-9-18(25)10-7-16/h5-12H,4,13H2,1-3H3,(H,26,30)(H,27,31). The lowest BCUT2D eigenvalue weighted by Gasteiger charge is -2.10. The van der Waals surface area contributed by atoms with E-state index >= 15 is 0 Å². The Kier molecular flexibility index (Phi) is 6.30. The van der Waals surface area contributed by atoms with Crippen LogP contribution >= 0.6 is 22.9 Å².